The van der Waals surface area contributed by atoms with Crippen molar-refractivity contribution in [1.82, 2.24) is 10.6 Å². The van der Waals surface area contributed by atoms with E-state index in [1.807, 2.05) is 82.3 Å². The van der Waals surface area contributed by atoms with Crippen molar-refractivity contribution in [1.29, 1.82) is 0 Å². The maximum atomic E-state index is 14.6. The minimum absolute atomic E-state index is 0.0533. The van der Waals surface area contributed by atoms with Crippen molar-refractivity contribution < 1.29 is 81.0 Å². The maximum absolute atomic E-state index is 14.6. The van der Waals surface area contributed by atoms with E-state index in [9.17, 15) is 38.4 Å². The number of nitrogens with one attached hydrogen (secondary N) is 2. The van der Waals surface area contributed by atoms with Crippen LogP contribution in [0.2, 0.25) is 0 Å². The Kier molecular flexibility index (Phi) is 25.0. The fourth-order valence-corrected chi connectivity index (χ4v) is 12.8. The number of alkyl halides is 2. The van der Waals surface area contributed by atoms with Gasteiger partial charge in [-0.3, -0.25) is 33.6 Å². The van der Waals surface area contributed by atoms with Crippen molar-refractivity contribution in [3.63, 3.8) is 0 Å². The van der Waals surface area contributed by atoms with Crippen molar-refractivity contribution >= 4 is 110 Å². The van der Waals surface area contributed by atoms with Gasteiger partial charge in [0.05, 0.1) is 24.4 Å². The molecule has 5 aromatic carbocycles. The summed E-state index contributed by atoms with van der Waals surface area (Å²) in [5.41, 5.74) is 3.31. The molecule has 0 unspecified atom stereocenters. The molecule has 8 rings (SSSR count). The minimum Gasteiger partial charge on any atom is -0.491 e. The first-order valence-electron chi connectivity index (χ1n) is 31.2. The molecular weight excluding hydrogens is 1230 g/mol. The van der Waals surface area contributed by atoms with Crippen LogP contribution in [0.5, 0.6) is 17.2 Å². The van der Waals surface area contributed by atoms with Crippen molar-refractivity contribution in [3.05, 3.63) is 119 Å². The number of fused-ring (bicyclic) bond motifs is 4. The molecule has 12 atom stereocenters. The number of aldehydes is 1. The average molecular weight is 1310 g/mol. The molecule has 22 heteroatoms. The van der Waals surface area contributed by atoms with Crippen molar-refractivity contribution in [2.24, 2.45) is 11.8 Å². The van der Waals surface area contributed by atoms with Crippen molar-refractivity contribution in [3.8, 4) is 17.2 Å². The molecule has 20 nitrogen and oxygen atoms in total. The van der Waals surface area contributed by atoms with Gasteiger partial charge in [-0.25, -0.2) is 0 Å². The van der Waals surface area contributed by atoms with Crippen LogP contribution in [0, 0.1) is 11.8 Å². The highest BCUT2D eigenvalue weighted by Gasteiger charge is 2.50. The molecule has 3 aliphatic rings. The Hall–Kier alpha value is -8.04. The fraction of sp³-hybridized carbons (Fsp3) is 0.457. The van der Waals surface area contributed by atoms with Crippen molar-refractivity contribution in [2.75, 3.05) is 42.9 Å². The van der Waals surface area contributed by atoms with Gasteiger partial charge in [-0.2, -0.15) is 0 Å². The number of ether oxygens (including phenoxy) is 9. The number of amides is 3. The summed E-state index contributed by atoms with van der Waals surface area (Å²) in [7, 11) is 0. The zero-order chi connectivity index (χ0) is 66.2. The third-order valence-electron chi connectivity index (χ3n) is 16.7. The summed E-state index contributed by atoms with van der Waals surface area (Å²) in [5.74, 6) is -3.10. The lowest BCUT2D eigenvalue weighted by atomic mass is 9.89. The molecule has 0 bridgehead atoms. The SMILES string of the molecule is CC[C@H]1O[C@@H](Oc2ccc([C@H](CCl)CNC(=O)/C=C/c3ccc(/C=C/C(=O)N4C[C@@H](CCl)c5c4cc(O[C@@H]4O[C@H](CC)[C@H](C)[C@H](OC(C)=O)[C@H]4OC(C)=O)c4ccccc54)c(OCCNC(=O)CCCCC=O)c3)c3ccccc23)[C@H](OC(C)=O)[C@@H](OC(C)=O)[C@H]1C. The third kappa shape index (κ3) is 17.4. The topological polar surface area (TPSA) is 247 Å². The van der Waals surface area contributed by atoms with E-state index in [-0.39, 0.29) is 86.0 Å². The van der Waals surface area contributed by atoms with Gasteiger partial charge in [0, 0.05) is 124 Å². The van der Waals surface area contributed by atoms with Crippen LogP contribution in [0.25, 0.3) is 33.7 Å². The van der Waals surface area contributed by atoms with Gasteiger partial charge in [-0.15, -0.1) is 23.2 Å². The van der Waals surface area contributed by atoms with Gasteiger partial charge in [0.15, 0.2) is 0 Å². The maximum Gasteiger partial charge on any atom is 0.303 e. The number of hydrogen-bond acceptors (Lipinski definition) is 17. The molecule has 2 fully saturated rings. The van der Waals surface area contributed by atoms with Gasteiger partial charge < -0.3 is 63.0 Å². The fourth-order valence-electron chi connectivity index (χ4n) is 12.2. The molecule has 3 amide bonds. The average Bonchev–Trinajstić information content (AvgIpc) is 1.51. The van der Waals surface area contributed by atoms with Gasteiger partial charge in [0.25, 0.3) is 5.91 Å². The molecule has 92 heavy (non-hydrogen) atoms. The second kappa shape index (κ2) is 33.0. The zero-order valence-corrected chi connectivity index (χ0v) is 54.5. The standard InChI is InChI=1S/C70H81Cl2N3O17/c1-9-56-40(3)65(85-42(5)77)67(87-44(7)79)69(89-56)91-58-28-27-50(51-18-13-14-19-52(51)58)48(36-71)38-74-62(82)29-24-46-23-25-47(59(34-46)84-33-31-73-61(81)22-12-11-17-32-76)26-30-63(83)75-39-49(37-72)64-54-21-16-15-20-53(54)60(35-55(64)75)92-70-68(88-45(8)80)66(86-43(6)78)41(4)57(10-2)90-70/h13-16,18-21,23-30,32,34-35,40-41,48-49,56-57,65-70H,9-12,17,22,31,33,36-39H2,1-8H3,(H,73,81)(H,74,82)/b29-24+,30-26+/t40-,41-,48+,49+,56+,57+,65-,66-,67+,68+,69-,70-/m0/s1. The molecule has 0 saturated carbocycles. The molecule has 5 aromatic rings. The number of rotatable bonds is 28. The molecule has 3 heterocycles. The first-order valence-corrected chi connectivity index (χ1v) is 32.3. The Morgan fingerprint density at radius 2 is 1.23 bits per heavy atom. The first-order chi connectivity index (χ1) is 44.3. The van der Waals surface area contributed by atoms with Gasteiger partial charge >= 0.3 is 23.9 Å². The van der Waals surface area contributed by atoms with E-state index in [2.05, 4.69) is 10.6 Å². The second-order valence-electron chi connectivity index (χ2n) is 23.2. The summed E-state index contributed by atoms with van der Waals surface area (Å²) >= 11 is 13.3. The summed E-state index contributed by atoms with van der Waals surface area (Å²) in [6, 6.07) is 25.7. The molecule has 0 aliphatic carbocycles. The normalized spacial score (nSPS) is 23.1. The summed E-state index contributed by atoms with van der Waals surface area (Å²) in [5, 5.41) is 8.82. The molecule has 2 saturated heterocycles. The number of benzene rings is 5. The quantitative estimate of drug-likeness (QED) is 0.0118. The minimum atomic E-state index is -1.20. The van der Waals surface area contributed by atoms with E-state index >= 15 is 0 Å². The Morgan fingerprint density at radius 1 is 0.652 bits per heavy atom. The predicted molar refractivity (Wildman–Crippen MR) is 347 cm³/mol. The molecule has 0 spiro atoms. The van der Waals surface area contributed by atoms with Gasteiger partial charge in [0.2, 0.25) is 36.6 Å². The first kappa shape index (κ1) is 69.8. The van der Waals surface area contributed by atoms with E-state index in [0.29, 0.717) is 76.9 Å². The van der Waals surface area contributed by atoms with E-state index in [1.54, 1.807) is 47.4 Å². The molecule has 0 aromatic heterocycles. The molecule has 3 aliphatic heterocycles. The number of unbranched alkanes of at least 4 members (excludes halogenated alkanes) is 2. The highest BCUT2D eigenvalue weighted by Crippen LogP contribution is 2.47. The van der Waals surface area contributed by atoms with E-state index in [1.165, 1.54) is 39.8 Å². The van der Waals surface area contributed by atoms with Crippen LogP contribution < -0.4 is 29.7 Å². The van der Waals surface area contributed by atoms with Gasteiger partial charge in [0.1, 0.15) is 42.3 Å². The van der Waals surface area contributed by atoms with Gasteiger partial charge in [-0.05, 0) is 77.4 Å². The number of carbonyl (C=O) groups is 8. The lowest BCUT2D eigenvalue weighted by Crippen LogP contribution is -2.58. The Morgan fingerprint density at radius 3 is 1.80 bits per heavy atom. The number of halogens is 2. The number of nitrogens with zero attached hydrogens (tertiary/aromatic N) is 1. The number of carbonyl (C=O) groups excluding carboxylic acids is 8. The lowest BCUT2D eigenvalue weighted by molar-refractivity contribution is -0.266. The Bertz CT molecular complexity index is 3540. The second-order valence-corrected chi connectivity index (χ2v) is 23.8. The highest BCUT2D eigenvalue weighted by atomic mass is 35.5. The van der Waals surface area contributed by atoms with E-state index < -0.39 is 72.9 Å². The summed E-state index contributed by atoms with van der Waals surface area (Å²) in [6.07, 6.45) is 2.80. The van der Waals surface area contributed by atoms with Crippen molar-refractivity contribution in [2.45, 2.75) is 155 Å². The number of esters is 4. The number of anilines is 1. The Balaban J connectivity index is 1.01. The van der Waals surface area contributed by atoms with Crippen LogP contribution in [0.1, 0.15) is 128 Å². The third-order valence-corrected chi connectivity index (χ3v) is 17.4. The van der Waals surface area contributed by atoms with Crippen LogP contribution in [-0.2, 0) is 66.8 Å². The molecule has 0 radical (unpaired) electrons. The summed E-state index contributed by atoms with van der Waals surface area (Å²) in [6.45, 7) is 13.3. The molecule has 2 N–H and O–H groups in total. The van der Waals surface area contributed by atoms with Crippen LogP contribution in [-0.4, -0.2) is 135 Å². The smallest absolute Gasteiger partial charge is 0.303 e. The molecule has 492 valence electrons. The number of hydrogen-bond donors (Lipinski definition) is 2. The monoisotopic (exact) mass is 1310 g/mol. The van der Waals surface area contributed by atoms with Crippen LogP contribution in [0.4, 0.5) is 5.69 Å². The van der Waals surface area contributed by atoms with E-state index in [4.69, 9.17) is 65.8 Å². The van der Waals surface area contributed by atoms with E-state index in [0.717, 1.165) is 28.2 Å². The Labute approximate surface area is 545 Å². The largest absolute Gasteiger partial charge is 0.491 e. The highest BCUT2D eigenvalue weighted by molar-refractivity contribution is 6.19. The van der Waals surface area contributed by atoms with Crippen LogP contribution in [0.15, 0.2) is 97.1 Å². The van der Waals surface area contributed by atoms with Crippen LogP contribution in [0.3, 0.4) is 0 Å². The van der Waals surface area contributed by atoms with Crippen LogP contribution >= 0.6 is 23.2 Å². The van der Waals surface area contributed by atoms with Gasteiger partial charge in [-0.1, -0.05) is 94.4 Å². The lowest BCUT2D eigenvalue weighted by Gasteiger charge is -2.44. The zero-order valence-electron chi connectivity index (χ0n) is 53.0. The predicted octanol–water partition coefficient (Wildman–Crippen LogP) is 10.8. The molecular formula is C70H81Cl2N3O17. The summed E-state index contributed by atoms with van der Waals surface area (Å²) < 4.78 is 55.3. The summed E-state index contributed by atoms with van der Waals surface area (Å²) in [4.78, 5) is 103.